The summed E-state index contributed by atoms with van der Waals surface area (Å²) in [4.78, 5) is 13.9. The van der Waals surface area contributed by atoms with E-state index in [0.717, 1.165) is 30.4 Å². The average molecular weight is 439 g/mol. The van der Waals surface area contributed by atoms with E-state index in [-0.39, 0.29) is 12.2 Å². The van der Waals surface area contributed by atoms with Crippen molar-refractivity contribution in [3.63, 3.8) is 0 Å². The number of ether oxygens (including phenoxy) is 1. The predicted octanol–water partition coefficient (Wildman–Crippen LogP) is 4.38. The summed E-state index contributed by atoms with van der Waals surface area (Å²) >= 11 is 2.40. The first-order valence-electron chi connectivity index (χ1n) is 7.93. The number of rotatable bonds is 5. The Labute approximate surface area is 149 Å². The number of hydrogen-bond acceptors (Lipinski definition) is 3. The molecule has 1 aliphatic heterocycles. The predicted molar refractivity (Wildman–Crippen MR) is 102 cm³/mol. The third kappa shape index (κ3) is 6.58. The van der Waals surface area contributed by atoms with E-state index in [1.54, 1.807) is 0 Å². The minimum atomic E-state index is -1.76. The number of amides is 1. The molecule has 1 unspecified atom stereocenters. The minimum Gasteiger partial charge on any atom is -0.444 e. The number of carbonyl (C=O) groups excluding carboxylic acids is 1. The van der Waals surface area contributed by atoms with Crippen LogP contribution in [0.2, 0.25) is 13.1 Å². The van der Waals surface area contributed by atoms with Gasteiger partial charge in [-0.3, -0.25) is 0 Å². The number of piperidine rings is 1. The summed E-state index contributed by atoms with van der Waals surface area (Å²) < 4.78 is 12.8. The van der Waals surface area contributed by atoms with Gasteiger partial charge in [-0.05, 0) is 52.6 Å². The molecule has 1 aliphatic rings. The molecule has 0 aromatic heterocycles. The van der Waals surface area contributed by atoms with Crippen LogP contribution in [0.15, 0.2) is 12.3 Å². The van der Waals surface area contributed by atoms with Crippen LogP contribution in [-0.2, 0) is 9.16 Å². The molecule has 0 radical (unpaired) electrons. The number of hydrogen-bond donors (Lipinski definition) is 0. The highest BCUT2D eigenvalue weighted by Gasteiger charge is 2.33. The van der Waals surface area contributed by atoms with Gasteiger partial charge in [0.05, 0.1) is 6.10 Å². The Balaban J connectivity index is 2.53. The van der Waals surface area contributed by atoms with Crippen molar-refractivity contribution in [3.05, 3.63) is 12.3 Å². The molecule has 6 heteroatoms. The Hall–Kier alpha value is -0.0831. The van der Waals surface area contributed by atoms with E-state index < -0.39 is 13.9 Å². The van der Waals surface area contributed by atoms with Crippen molar-refractivity contribution in [2.75, 3.05) is 17.5 Å². The van der Waals surface area contributed by atoms with Crippen LogP contribution in [0, 0.1) is 5.92 Å². The maximum atomic E-state index is 12.1. The average Bonchev–Trinajstić information content (AvgIpc) is 2.43. The molecule has 0 saturated carbocycles. The third-order valence-corrected chi connectivity index (χ3v) is 6.58. The third-order valence-electron chi connectivity index (χ3n) is 3.82. The fourth-order valence-corrected chi connectivity index (χ4v) is 4.86. The van der Waals surface area contributed by atoms with Gasteiger partial charge in [0.15, 0.2) is 0 Å². The summed E-state index contributed by atoms with van der Waals surface area (Å²) in [6, 6.07) is 0. The van der Waals surface area contributed by atoms with Crippen molar-refractivity contribution in [2.24, 2.45) is 5.92 Å². The molecule has 0 bridgehead atoms. The number of nitrogens with zero attached hydrogens (tertiary/aromatic N) is 1. The summed E-state index contributed by atoms with van der Waals surface area (Å²) in [5, 5.41) is 0. The molecular formula is C16H30INO3Si. The molecule has 0 spiro atoms. The molecule has 1 atom stereocenters. The second kappa shape index (κ2) is 8.15. The summed E-state index contributed by atoms with van der Waals surface area (Å²) in [5.41, 5.74) is 1.56. The topological polar surface area (TPSA) is 38.8 Å². The number of alkyl halides is 1. The summed E-state index contributed by atoms with van der Waals surface area (Å²) in [7, 11) is -1.76. The first-order valence-corrected chi connectivity index (χ1v) is 12.4. The first-order chi connectivity index (χ1) is 10.1. The monoisotopic (exact) mass is 439 g/mol. The van der Waals surface area contributed by atoms with E-state index in [9.17, 15) is 4.79 Å². The second-order valence-corrected chi connectivity index (χ2v) is 12.2. The molecule has 128 valence electrons. The molecule has 0 aromatic rings. The van der Waals surface area contributed by atoms with Crippen molar-refractivity contribution in [2.45, 2.75) is 58.4 Å². The standard InChI is InChI=1S/C16H30INO3Si/c1-7-22(5,6)21-14(12-17)13-8-10-18(11-9-13)15(19)20-16(2,3)4/h7,13-14H,1,8-12H2,2-6H3. The van der Waals surface area contributed by atoms with Gasteiger partial charge in [0, 0.05) is 17.5 Å². The molecule has 0 aromatic carbocycles. The molecule has 22 heavy (non-hydrogen) atoms. The SMILES string of the molecule is C=C[Si](C)(C)OC(CI)C1CCN(C(=O)OC(C)(C)C)CC1. The van der Waals surface area contributed by atoms with Gasteiger partial charge in [-0.1, -0.05) is 28.3 Å². The smallest absolute Gasteiger partial charge is 0.410 e. The van der Waals surface area contributed by atoms with Crippen LogP contribution < -0.4 is 0 Å². The molecule has 1 saturated heterocycles. The Morgan fingerprint density at radius 1 is 1.41 bits per heavy atom. The van der Waals surface area contributed by atoms with Crippen molar-refractivity contribution in [1.29, 1.82) is 0 Å². The molecular weight excluding hydrogens is 409 g/mol. The van der Waals surface area contributed by atoms with Crippen LogP contribution in [0.3, 0.4) is 0 Å². The first kappa shape index (κ1) is 20.0. The second-order valence-electron chi connectivity index (χ2n) is 7.42. The Morgan fingerprint density at radius 3 is 2.36 bits per heavy atom. The largest absolute Gasteiger partial charge is 0.444 e. The lowest BCUT2D eigenvalue weighted by Crippen LogP contribution is -2.46. The van der Waals surface area contributed by atoms with Gasteiger partial charge >= 0.3 is 6.09 Å². The van der Waals surface area contributed by atoms with Gasteiger partial charge in [-0.25, -0.2) is 4.79 Å². The van der Waals surface area contributed by atoms with Crippen molar-refractivity contribution in [1.82, 2.24) is 4.90 Å². The van der Waals surface area contributed by atoms with Crippen LogP contribution in [0.5, 0.6) is 0 Å². The van der Waals surface area contributed by atoms with Gasteiger partial charge in [-0.15, -0.1) is 6.58 Å². The van der Waals surface area contributed by atoms with Crippen LogP contribution in [0.25, 0.3) is 0 Å². The van der Waals surface area contributed by atoms with Gasteiger partial charge in [-0.2, -0.15) is 0 Å². The lowest BCUT2D eigenvalue weighted by atomic mass is 9.92. The molecule has 4 nitrogen and oxygen atoms in total. The van der Waals surface area contributed by atoms with E-state index in [4.69, 9.17) is 9.16 Å². The highest BCUT2D eigenvalue weighted by molar-refractivity contribution is 14.1. The van der Waals surface area contributed by atoms with Crippen LogP contribution in [0.4, 0.5) is 4.79 Å². The van der Waals surface area contributed by atoms with E-state index in [0.29, 0.717) is 5.92 Å². The lowest BCUT2D eigenvalue weighted by molar-refractivity contribution is 0.0121. The summed E-state index contributed by atoms with van der Waals surface area (Å²) in [6.07, 6.45) is 2.03. The zero-order valence-corrected chi connectivity index (χ0v) is 17.7. The maximum absolute atomic E-state index is 12.1. The fourth-order valence-electron chi connectivity index (χ4n) is 2.47. The lowest BCUT2D eigenvalue weighted by Gasteiger charge is -2.38. The van der Waals surface area contributed by atoms with Gasteiger partial charge < -0.3 is 14.1 Å². The highest BCUT2D eigenvalue weighted by atomic mass is 127. The van der Waals surface area contributed by atoms with Gasteiger partial charge in [0.25, 0.3) is 0 Å². The minimum absolute atomic E-state index is 0.196. The molecule has 1 amide bonds. The van der Waals surface area contributed by atoms with E-state index in [1.165, 1.54) is 0 Å². The van der Waals surface area contributed by atoms with Crippen molar-refractivity contribution >= 4 is 37.0 Å². The van der Waals surface area contributed by atoms with E-state index >= 15 is 0 Å². The maximum Gasteiger partial charge on any atom is 0.410 e. The molecule has 0 aliphatic carbocycles. The molecule has 1 fully saturated rings. The Kier molecular flexibility index (Phi) is 7.39. The quantitative estimate of drug-likeness (QED) is 0.363. The van der Waals surface area contributed by atoms with Crippen molar-refractivity contribution in [3.8, 4) is 0 Å². The van der Waals surface area contributed by atoms with Gasteiger partial charge in [0.2, 0.25) is 8.32 Å². The fraction of sp³-hybridized carbons (Fsp3) is 0.812. The summed E-state index contributed by atoms with van der Waals surface area (Å²) in [5.74, 6) is 0.516. The summed E-state index contributed by atoms with van der Waals surface area (Å²) in [6.45, 7) is 15.5. The normalized spacial score (nSPS) is 18.9. The van der Waals surface area contributed by atoms with E-state index in [2.05, 4.69) is 42.3 Å². The Morgan fingerprint density at radius 2 is 1.95 bits per heavy atom. The Bertz CT molecular complexity index is 387. The van der Waals surface area contributed by atoms with Crippen LogP contribution in [-0.4, -0.2) is 48.5 Å². The number of halogens is 1. The van der Waals surface area contributed by atoms with Crippen molar-refractivity contribution < 1.29 is 14.0 Å². The van der Waals surface area contributed by atoms with Crippen LogP contribution in [0.1, 0.15) is 33.6 Å². The molecule has 1 rings (SSSR count). The molecule has 1 heterocycles. The zero-order chi connectivity index (χ0) is 17.0. The molecule has 0 N–H and O–H groups in total. The zero-order valence-electron chi connectivity index (χ0n) is 14.5. The van der Waals surface area contributed by atoms with E-state index in [1.807, 2.05) is 31.4 Å². The van der Waals surface area contributed by atoms with Gasteiger partial charge in [0.1, 0.15) is 5.60 Å². The number of carbonyl (C=O) groups is 1. The highest BCUT2D eigenvalue weighted by Crippen LogP contribution is 2.27. The van der Waals surface area contributed by atoms with Crippen LogP contribution >= 0.6 is 22.6 Å². The number of likely N-dealkylation sites (tertiary alicyclic amines) is 1.